The molecule has 3 rings (SSSR count). The molecule has 1 aromatic carbocycles. The van der Waals surface area contributed by atoms with Crippen molar-refractivity contribution in [1.82, 2.24) is 4.90 Å². The third kappa shape index (κ3) is 1.52. The van der Waals surface area contributed by atoms with Gasteiger partial charge in [0.05, 0.1) is 5.56 Å². The summed E-state index contributed by atoms with van der Waals surface area (Å²) in [5, 5.41) is 3.09. The highest BCUT2D eigenvalue weighted by atomic mass is 32.1. The van der Waals surface area contributed by atoms with Crippen LogP contribution in [0.5, 0.6) is 0 Å². The van der Waals surface area contributed by atoms with Crippen LogP contribution in [0.3, 0.4) is 0 Å². The van der Waals surface area contributed by atoms with E-state index in [0.29, 0.717) is 0 Å². The van der Waals surface area contributed by atoms with E-state index in [1.54, 1.807) is 11.3 Å². The van der Waals surface area contributed by atoms with Crippen LogP contribution in [0.4, 0.5) is 0 Å². The molecular formula is C13H13NOS. The highest BCUT2D eigenvalue weighted by molar-refractivity contribution is 7.17. The first kappa shape index (κ1) is 9.85. The van der Waals surface area contributed by atoms with Crippen molar-refractivity contribution in [2.45, 2.75) is 12.8 Å². The van der Waals surface area contributed by atoms with E-state index >= 15 is 0 Å². The van der Waals surface area contributed by atoms with E-state index in [1.807, 2.05) is 28.5 Å². The number of benzene rings is 1. The summed E-state index contributed by atoms with van der Waals surface area (Å²) in [6.45, 7) is 1.84. The molecule has 0 saturated carbocycles. The number of carbonyl (C=O) groups is 1. The number of carbonyl (C=O) groups excluding carboxylic acids is 1. The van der Waals surface area contributed by atoms with Gasteiger partial charge in [0.15, 0.2) is 0 Å². The minimum absolute atomic E-state index is 0.204. The van der Waals surface area contributed by atoms with Crippen molar-refractivity contribution in [3.63, 3.8) is 0 Å². The summed E-state index contributed by atoms with van der Waals surface area (Å²) >= 11 is 1.65. The summed E-state index contributed by atoms with van der Waals surface area (Å²) in [5.41, 5.74) is 0.877. The number of rotatable bonds is 1. The topological polar surface area (TPSA) is 20.3 Å². The molecule has 16 heavy (non-hydrogen) atoms. The van der Waals surface area contributed by atoms with E-state index in [0.717, 1.165) is 36.9 Å². The average Bonchev–Trinajstić information content (AvgIpc) is 2.98. The molecule has 1 saturated heterocycles. The highest BCUT2D eigenvalue weighted by Crippen LogP contribution is 2.27. The minimum Gasteiger partial charge on any atom is -0.339 e. The number of likely N-dealkylation sites (tertiary alicyclic amines) is 1. The second-order valence-electron chi connectivity index (χ2n) is 4.14. The fraction of sp³-hybridized carbons (Fsp3) is 0.308. The summed E-state index contributed by atoms with van der Waals surface area (Å²) in [4.78, 5) is 14.2. The molecule has 1 aromatic heterocycles. The molecule has 0 spiro atoms. The monoisotopic (exact) mass is 231 g/mol. The normalized spacial score (nSPS) is 15.9. The molecule has 0 atom stereocenters. The van der Waals surface area contributed by atoms with Crippen LogP contribution in [0.15, 0.2) is 29.6 Å². The third-order valence-electron chi connectivity index (χ3n) is 3.10. The van der Waals surface area contributed by atoms with Gasteiger partial charge < -0.3 is 4.90 Å². The van der Waals surface area contributed by atoms with Crippen LogP contribution in [0.25, 0.3) is 10.1 Å². The van der Waals surface area contributed by atoms with Gasteiger partial charge in [-0.2, -0.15) is 0 Å². The van der Waals surface area contributed by atoms with Crippen molar-refractivity contribution in [3.8, 4) is 0 Å². The Balaban J connectivity index is 2.02. The number of hydrogen-bond acceptors (Lipinski definition) is 2. The zero-order valence-corrected chi connectivity index (χ0v) is 9.80. The Labute approximate surface area is 98.5 Å². The van der Waals surface area contributed by atoms with Gasteiger partial charge in [0.2, 0.25) is 0 Å². The number of nitrogens with zero attached hydrogens (tertiary/aromatic N) is 1. The first-order valence-corrected chi connectivity index (χ1v) is 6.50. The summed E-state index contributed by atoms with van der Waals surface area (Å²) in [7, 11) is 0. The number of amides is 1. The molecule has 2 nitrogen and oxygen atoms in total. The van der Waals surface area contributed by atoms with Gasteiger partial charge in [-0.3, -0.25) is 4.79 Å². The number of thiophene rings is 1. The summed E-state index contributed by atoms with van der Waals surface area (Å²) in [6, 6.07) is 8.12. The fourth-order valence-corrected chi connectivity index (χ4v) is 3.17. The van der Waals surface area contributed by atoms with Crippen LogP contribution in [0, 0.1) is 0 Å². The zero-order valence-electron chi connectivity index (χ0n) is 8.98. The van der Waals surface area contributed by atoms with Crippen molar-refractivity contribution in [2.24, 2.45) is 0 Å². The lowest BCUT2D eigenvalue weighted by Crippen LogP contribution is -2.27. The van der Waals surface area contributed by atoms with Crippen LogP contribution in [0.1, 0.15) is 23.2 Å². The first-order valence-electron chi connectivity index (χ1n) is 5.62. The van der Waals surface area contributed by atoms with Crippen LogP contribution in [0.2, 0.25) is 0 Å². The third-order valence-corrected chi connectivity index (χ3v) is 4.07. The van der Waals surface area contributed by atoms with Gasteiger partial charge in [-0.15, -0.1) is 11.3 Å². The van der Waals surface area contributed by atoms with E-state index in [1.165, 1.54) is 4.70 Å². The molecule has 0 aliphatic carbocycles. The minimum atomic E-state index is 0.204. The molecule has 0 unspecified atom stereocenters. The molecule has 1 fully saturated rings. The average molecular weight is 231 g/mol. The Morgan fingerprint density at radius 1 is 1.19 bits per heavy atom. The van der Waals surface area contributed by atoms with Gasteiger partial charge >= 0.3 is 0 Å². The van der Waals surface area contributed by atoms with E-state index in [2.05, 4.69) is 6.07 Å². The molecule has 0 bridgehead atoms. The summed E-state index contributed by atoms with van der Waals surface area (Å²) in [5.74, 6) is 0.204. The molecular weight excluding hydrogens is 218 g/mol. The van der Waals surface area contributed by atoms with Crippen LogP contribution < -0.4 is 0 Å². The highest BCUT2D eigenvalue weighted by Gasteiger charge is 2.21. The summed E-state index contributed by atoms with van der Waals surface area (Å²) < 4.78 is 1.20. The number of hydrogen-bond donors (Lipinski definition) is 0. The van der Waals surface area contributed by atoms with Crippen LogP contribution in [-0.2, 0) is 0 Å². The molecule has 0 N–H and O–H groups in total. The van der Waals surface area contributed by atoms with Crippen molar-refractivity contribution in [3.05, 3.63) is 35.2 Å². The lowest BCUT2D eigenvalue weighted by atomic mass is 10.1. The lowest BCUT2D eigenvalue weighted by Gasteiger charge is -2.14. The zero-order chi connectivity index (χ0) is 11.0. The van der Waals surface area contributed by atoms with E-state index in [-0.39, 0.29) is 5.91 Å². The van der Waals surface area contributed by atoms with E-state index in [4.69, 9.17) is 0 Å². The molecule has 3 heteroatoms. The standard InChI is InChI=1S/C13H13NOS/c15-13(14-7-3-4-8-14)11-9-16-12-6-2-1-5-10(11)12/h1-2,5-6,9H,3-4,7-8H2. The van der Waals surface area contributed by atoms with Gasteiger partial charge in [-0.25, -0.2) is 0 Å². The van der Waals surface area contributed by atoms with Gasteiger partial charge in [0, 0.05) is 28.6 Å². The van der Waals surface area contributed by atoms with Crippen molar-refractivity contribution in [2.75, 3.05) is 13.1 Å². The molecule has 0 radical (unpaired) electrons. The maximum Gasteiger partial charge on any atom is 0.255 e. The van der Waals surface area contributed by atoms with Gasteiger partial charge in [0.25, 0.3) is 5.91 Å². The fourth-order valence-electron chi connectivity index (χ4n) is 2.23. The van der Waals surface area contributed by atoms with Gasteiger partial charge in [-0.05, 0) is 18.9 Å². The predicted molar refractivity (Wildman–Crippen MR) is 67.0 cm³/mol. The Morgan fingerprint density at radius 2 is 1.94 bits per heavy atom. The van der Waals surface area contributed by atoms with E-state index < -0.39 is 0 Å². The maximum atomic E-state index is 12.3. The van der Waals surface area contributed by atoms with Crippen molar-refractivity contribution < 1.29 is 4.79 Å². The van der Waals surface area contributed by atoms with Gasteiger partial charge in [0.1, 0.15) is 0 Å². The largest absolute Gasteiger partial charge is 0.339 e. The smallest absolute Gasteiger partial charge is 0.255 e. The Morgan fingerprint density at radius 3 is 2.75 bits per heavy atom. The number of fused-ring (bicyclic) bond motifs is 1. The Hall–Kier alpha value is -1.35. The molecule has 2 aromatic rings. The molecule has 1 amide bonds. The molecule has 2 heterocycles. The Bertz CT molecular complexity index is 525. The molecule has 1 aliphatic heterocycles. The summed E-state index contributed by atoms with van der Waals surface area (Å²) in [6.07, 6.45) is 2.29. The first-order chi connectivity index (χ1) is 7.86. The second kappa shape index (κ2) is 3.91. The molecule has 1 aliphatic rings. The van der Waals surface area contributed by atoms with Gasteiger partial charge in [-0.1, -0.05) is 18.2 Å². The van der Waals surface area contributed by atoms with E-state index in [9.17, 15) is 4.79 Å². The van der Waals surface area contributed by atoms with Crippen molar-refractivity contribution in [1.29, 1.82) is 0 Å². The molecule has 82 valence electrons. The van der Waals surface area contributed by atoms with Crippen LogP contribution in [-0.4, -0.2) is 23.9 Å². The Kier molecular flexibility index (Phi) is 2.40. The predicted octanol–water partition coefficient (Wildman–Crippen LogP) is 3.14. The SMILES string of the molecule is O=C(c1csc2ccccc12)N1CCCC1. The van der Waals surface area contributed by atoms with Crippen molar-refractivity contribution >= 4 is 27.3 Å². The second-order valence-corrected chi connectivity index (χ2v) is 5.06. The lowest BCUT2D eigenvalue weighted by molar-refractivity contribution is 0.0795. The van der Waals surface area contributed by atoms with Crippen LogP contribution >= 0.6 is 11.3 Å². The quantitative estimate of drug-likeness (QED) is 0.738. The maximum absolute atomic E-state index is 12.3.